The summed E-state index contributed by atoms with van der Waals surface area (Å²) < 4.78 is 22.9. The molecule has 0 aromatic heterocycles. The third kappa shape index (κ3) is 33.3. The van der Waals surface area contributed by atoms with E-state index in [0.29, 0.717) is 37.2 Å². The Morgan fingerprint density at radius 1 is 0.657 bits per heavy atom. The summed E-state index contributed by atoms with van der Waals surface area (Å²) in [6, 6.07) is 9.98. The molecule has 2 rings (SSSR count). The lowest BCUT2D eigenvalue weighted by atomic mass is 10.0. The van der Waals surface area contributed by atoms with Crippen molar-refractivity contribution in [3.05, 3.63) is 65.9 Å². The van der Waals surface area contributed by atoms with E-state index in [9.17, 15) is 30.0 Å². The van der Waals surface area contributed by atoms with Crippen molar-refractivity contribution in [3.63, 3.8) is 0 Å². The van der Waals surface area contributed by atoms with Crippen molar-refractivity contribution in [2.24, 2.45) is 0 Å². The molecule has 70 heavy (non-hydrogen) atoms. The summed E-state index contributed by atoms with van der Waals surface area (Å²) in [5.74, 6) is 1.85. The lowest BCUT2D eigenvalue weighted by Crippen LogP contribution is -2.44. The average Bonchev–Trinajstić information content (AvgIpc) is 3.27. The summed E-state index contributed by atoms with van der Waals surface area (Å²) in [5, 5.41) is 39.1. The van der Waals surface area contributed by atoms with Crippen LogP contribution in [0.1, 0.15) is 194 Å². The number of hydrogen-bond donors (Lipinski definition) is 4. The Hall–Kier alpha value is -3.43. The Morgan fingerprint density at radius 2 is 1.13 bits per heavy atom. The minimum atomic E-state index is -1.75. The van der Waals surface area contributed by atoms with Crippen LogP contribution in [0.3, 0.4) is 0 Å². The fourth-order valence-electron chi connectivity index (χ4n) is 7.48. The maximum atomic E-state index is 11.9. The highest BCUT2D eigenvalue weighted by Gasteiger charge is 2.39. The van der Waals surface area contributed by atoms with Crippen molar-refractivity contribution in [1.29, 1.82) is 0 Å². The van der Waals surface area contributed by atoms with E-state index in [4.69, 9.17) is 18.3 Å². The van der Waals surface area contributed by atoms with E-state index in [1.54, 1.807) is 36.4 Å². The molecule has 10 nitrogen and oxygen atoms in total. The van der Waals surface area contributed by atoms with Crippen LogP contribution in [-0.4, -0.2) is 81.2 Å². The second kappa shape index (κ2) is 37.3. The van der Waals surface area contributed by atoms with Crippen molar-refractivity contribution in [3.8, 4) is 23.0 Å². The number of benzene rings is 2. The summed E-state index contributed by atoms with van der Waals surface area (Å²) in [7, 11) is -0.352. The Balaban J connectivity index is 0.00000102. The standard InChI is InChI=1S/C20H44O2Si2.C19H30O4.C19H28O4/c1-11-12-13-14-15-16-19(17-18(2)21-23(6,7)8)22-24(9,10)20(3,4)5;2*1-3-4-5-6-7-8-16(20)14-17(21)11-9-15-10-12-18(22)19(13-15)23-2/h19H,2,11-17H2,1,3-10H3;10,12-13,16,20,22H,3-9,11,14H2,1-2H3;9-13,16,20,22H,3-8,14H2,1-2H3/b;;11-9+/t19-;2*16-/m111/s1. The number of Topliss-reactive ketones (excluding diaryl/α,β-unsaturated/α-hetero) is 1. The number of unbranched alkanes of at least 4 members (excludes halogenated alkanes) is 12. The first-order valence-electron chi connectivity index (χ1n) is 26.8. The molecule has 2 aromatic carbocycles. The third-order valence-electron chi connectivity index (χ3n) is 12.6. The Bertz CT molecular complexity index is 1750. The highest BCUT2D eigenvalue weighted by Crippen LogP contribution is 2.39. The average molecular weight is 1020 g/mol. The van der Waals surface area contributed by atoms with Crippen molar-refractivity contribution in [2.45, 2.75) is 245 Å². The first-order chi connectivity index (χ1) is 32.9. The van der Waals surface area contributed by atoms with Gasteiger partial charge in [-0.1, -0.05) is 163 Å². The van der Waals surface area contributed by atoms with Crippen LogP contribution in [-0.2, 0) is 24.9 Å². The van der Waals surface area contributed by atoms with Crippen molar-refractivity contribution < 1.29 is 48.3 Å². The van der Waals surface area contributed by atoms with E-state index in [1.165, 1.54) is 97.0 Å². The fraction of sp³-hybridized carbons (Fsp3) is 0.690. The van der Waals surface area contributed by atoms with Crippen LogP contribution in [0.15, 0.2) is 54.8 Å². The molecule has 0 aliphatic heterocycles. The number of phenols is 2. The number of methoxy groups -OCH3 is 2. The van der Waals surface area contributed by atoms with E-state index >= 15 is 0 Å². The van der Waals surface area contributed by atoms with Crippen molar-refractivity contribution in [2.75, 3.05) is 14.2 Å². The molecule has 4 N–H and O–H groups in total. The van der Waals surface area contributed by atoms with Gasteiger partial charge in [0.25, 0.3) is 0 Å². The van der Waals surface area contributed by atoms with Crippen LogP contribution in [0.4, 0.5) is 0 Å². The maximum Gasteiger partial charge on any atom is 0.241 e. The predicted molar refractivity (Wildman–Crippen MR) is 298 cm³/mol. The molecule has 3 atom stereocenters. The number of carbonyl (C=O) groups excluding carboxylic acids is 2. The number of rotatable bonds is 35. The van der Waals surface area contributed by atoms with E-state index in [0.717, 1.165) is 55.4 Å². The van der Waals surface area contributed by atoms with Gasteiger partial charge in [0.05, 0.1) is 38.3 Å². The second-order valence-electron chi connectivity index (χ2n) is 21.6. The number of carbonyl (C=O) groups is 2. The zero-order valence-electron chi connectivity index (χ0n) is 46.6. The number of aliphatic hydroxyl groups is 2. The molecule has 0 amide bonds. The first-order valence-corrected chi connectivity index (χ1v) is 33.1. The number of allylic oxidation sites excluding steroid dienone is 1. The lowest BCUT2D eigenvalue weighted by Gasteiger charge is -2.39. The number of ketones is 2. The van der Waals surface area contributed by atoms with E-state index in [2.05, 4.69) is 80.9 Å². The largest absolute Gasteiger partial charge is 0.548 e. The number of hydrogen-bond acceptors (Lipinski definition) is 10. The van der Waals surface area contributed by atoms with Crippen LogP contribution in [0, 0.1) is 0 Å². The molecule has 0 bridgehead atoms. The van der Waals surface area contributed by atoms with E-state index < -0.39 is 28.8 Å². The minimum absolute atomic E-state index is 0.0643. The molecule has 0 aliphatic rings. The van der Waals surface area contributed by atoms with Gasteiger partial charge in [-0.15, -0.1) is 0 Å². The number of aryl methyl sites for hydroxylation is 1. The molecule has 2 aromatic rings. The molecule has 402 valence electrons. The number of ether oxygens (including phenoxy) is 2. The van der Waals surface area contributed by atoms with E-state index in [-0.39, 0.29) is 47.0 Å². The second-order valence-corrected chi connectivity index (χ2v) is 30.7. The molecule has 0 heterocycles. The minimum Gasteiger partial charge on any atom is -0.548 e. The molecule has 0 aliphatic carbocycles. The highest BCUT2D eigenvalue weighted by molar-refractivity contribution is 6.74. The SMILES string of the molecule is C=C(C[C@@H](CCCCCCC)O[Si](C)(C)C(C)(C)C)O[Si](C)(C)C.CCCCCCC[C@@H](O)CC(=O)/C=C/c1ccc(O)c(OC)c1.CCCCCCC[C@@H](O)CC(=O)CCc1ccc(O)c(OC)c1. The van der Waals surface area contributed by atoms with E-state index in [1.807, 2.05) is 0 Å². The Labute approximate surface area is 429 Å². The van der Waals surface area contributed by atoms with Crippen molar-refractivity contribution in [1.82, 2.24) is 0 Å². The monoisotopic (exact) mass is 1010 g/mol. The van der Waals surface area contributed by atoms with Crippen LogP contribution in [0.5, 0.6) is 23.0 Å². The Kier molecular flexibility index (Phi) is 35.5. The molecule has 0 spiro atoms. The van der Waals surface area contributed by atoms with Gasteiger partial charge in [-0.2, -0.15) is 0 Å². The summed E-state index contributed by atoms with van der Waals surface area (Å²) in [6.07, 6.45) is 25.1. The van der Waals surface area contributed by atoms with Gasteiger partial charge in [0.1, 0.15) is 5.78 Å². The molecule has 0 saturated carbocycles. The van der Waals surface area contributed by atoms with Crippen LogP contribution in [0.2, 0.25) is 37.8 Å². The smallest absolute Gasteiger partial charge is 0.241 e. The van der Waals surface area contributed by atoms with Gasteiger partial charge < -0.3 is 38.8 Å². The molecular weight excluding hydrogens is 913 g/mol. The molecule has 0 unspecified atom stereocenters. The molecule has 0 saturated heterocycles. The van der Waals surface area contributed by atoms with Gasteiger partial charge in [-0.05, 0) is 105 Å². The maximum absolute atomic E-state index is 11.9. The van der Waals surface area contributed by atoms with Gasteiger partial charge in [0, 0.05) is 25.7 Å². The molecule has 12 heteroatoms. The molecule has 0 radical (unpaired) electrons. The zero-order valence-corrected chi connectivity index (χ0v) is 48.6. The first kappa shape index (κ1) is 66.6. The molecule has 0 fully saturated rings. The quantitative estimate of drug-likeness (QED) is 0.0227. The Morgan fingerprint density at radius 3 is 1.61 bits per heavy atom. The van der Waals surface area contributed by atoms with Crippen molar-refractivity contribution >= 4 is 34.3 Å². The summed E-state index contributed by atoms with van der Waals surface area (Å²) >= 11 is 0. The van der Waals surface area contributed by atoms with Gasteiger partial charge in [0.2, 0.25) is 8.32 Å². The van der Waals surface area contributed by atoms with Crippen LogP contribution >= 0.6 is 0 Å². The number of phenolic OH excluding ortho intramolecular Hbond substituents is 2. The van der Waals surface area contributed by atoms with Gasteiger partial charge in [0.15, 0.2) is 37.1 Å². The van der Waals surface area contributed by atoms with Crippen LogP contribution in [0.25, 0.3) is 6.08 Å². The summed E-state index contributed by atoms with van der Waals surface area (Å²) in [5.41, 5.74) is 1.71. The van der Waals surface area contributed by atoms with Gasteiger partial charge in [-0.3, -0.25) is 9.59 Å². The van der Waals surface area contributed by atoms with Crippen LogP contribution < -0.4 is 9.47 Å². The molecular formula is C58H102O10Si2. The summed E-state index contributed by atoms with van der Waals surface area (Å²) in [6.45, 7) is 29.1. The number of aromatic hydroxyl groups is 2. The van der Waals surface area contributed by atoms with Gasteiger partial charge >= 0.3 is 0 Å². The lowest BCUT2D eigenvalue weighted by molar-refractivity contribution is -0.121. The zero-order chi connectivity index (χ0) is 53.2. The summed E-state index contributed by atoms with van der Waals surface area (Å²) in [4.78, 5) is 23.8. The highest BCUT2D eigenvalue weighted by atomic mass is 28.4. The fourth-order valence-corrected chi connectivity index (χ4v) is 9.82. The number of aliphatic hydroxyl groups excluding tert-OH is 2. The topological polar surface area (TPSA) is 152 Å². The predicted octanol–water partition coefficient (Wildman–Crippen LogP) is 15.6. The van der Waals surface area contributed by atoms with Gasteiger partial charge in [-0.25, -0.2) is 0 Å². The normalized spacial score (nSPS) is 13.1. The third-order valence-corrected chi connectivity index (χ3v) is 18.0.